The number of aliphatic hydroxyl groups is 2. The van der Waals surface area contributed by atoms with Crippen LogP contribution in [0.1, 0.15) is 78.6 Å². The lowest BCUT2D eigenvalue weighted by molar-refractivity contribution is -0.383. The van der Waals surface area contributed by atoms with E-state index in [0.29, 0.717) is 90.5 Å². The molecule has 0 radical (unpaired) electrons. The number of hydrogen-bond acceptors (Lipinski definition) is 16. The molecule has 2 aliphatic rings. The van der Waals surface area contributed by atoms with Gasteiger partial charge in [-0.3, -0.25) is 29.8 Å². The number of hydrogen-bond donors (Lipinski definition) is 9. The van der Waals surface area contributed by atoms with E-state index in [1.165, 1.54) is 33.6 Å². The number of non-ortho nitro benzene ring substituents is 2. The van der Waals surface area contributed by atoms with Crippen LogP contribution in [-0.4, -0.2) is 155 Å². The number of aromatic amines is 2. The molecule has 2 atom stereocenters. The van der Waals surface area contributed by atoms with Gasteiger partial charge in [0.2, 0.25) is 0 Å². The van der Waals surface area contributed by atoms with Crippen molar-refractivity contribution in [1.82, 2.24) is 30.4 Å². The van der Waals surface area contributed by atoms with Crippen molar-refractivity contribution in [3.63, 3.8) is 0 Å². The number of carbonyl (C=O) groups is 2. The Hall–Kier alpha value is -10.6. The maximum Gasteiger partial charge on any atom is 0.319 e. The molecule has 4 heterocycles. The van der Waals surface area contributed by atoms with Crippen LogP contribution in [-0.2, 0) is 12.8 Å². The van der Waals surface area contributed by atoms with Gasteiger partial charge in [0, 0.05) is 85.6 Å². The fraction of sp³-hybridized carbons (Fsp3) is 0.308. The fourth-order valence-corrected chi connectivity index (χ4v) is 17.5. The second-order valence-corrected chi connectivity index (χ2v) is 31.0. The van der Waals surface area contributed by atoms with Crippen LogP contribution >= 0.6 is 0 Å². The predicted molar refractivity (Wildman–Crippen MR) is 397 cm³/mol. The molecule has 0 unspecified atom stereocenters. The number of H-pyrrole nitrogens is 2. The van der Waals surface area contributed by atoms with Crippen LogP contribution in [0.2, 0.25) is 5.04 Å². The number of ether oxygens (including phenoxy) is 2. The monoisotopic (exact) mass is 1380 g/mol. The van der Waals surface area contributed by atoms with Crippen LogP contribution in [0.5, 0.6) is 23.0 Å². The normalized spacial score (nSPS) is 14.3. The number of carbonyl (C=O) groups excluding carboxylic acids is 2. The first kappa shape index (κ1) is 71.7. The summed E-state index contributed by atoms with van der Waals surface area (Å²) in [6.45, 7) is 11.8. The highest BCUT2D eigenvalue weighted by Crippen LogP contribution is 2.38. The number of nitrogens with one attached hydrogen (secondary N) is 6. The van der Waals surface area contributed by atoms with Crippen LogP contribution in [0.15, 0.2) is 206 Å². The summed E-state index contributed by atoms with van der Waals surface area (Å²) < 4.78 is 18.6. The molecule has 2 saturated heterocycles. The van der Waals surface area contributed by atoms with E-state index in [2.05, 4.69) is 149 Å². The molecule has 10 aromatic rings. The number of aromatic hydroxyl groups is 1. The summed E-state index contributed by atoms with van der Waals surface area (Å²) in [5.41, 5.74) is 5.84. The molecule has 8 aromatic carbocycles. The fourth-order valence-electron chi connectivity index (χ4n) is 13.1. The predicted octanol–water partition coefficient (Wildman–Crippen LogP) is 11.4. The van der Waals surface area contributed by atoms with Crippen molar-refractivity contribution in [3.05, 3.63) is 249 Å². The summed E-state index contributed by atoms with van der Waals surface area (Å²) in [6.07, 6.45) is 3.53. The van der Waals surface area contributed by atoms with Crippen molar-refractivity contribution < 1.29 is 48.7 Å². The second kappa shape index (κ2) is 33.5. The molecule has 23 heteroatoms. The van der Waals surface area contributed by atoms with E-state index >= 15 is 0 Å². The average Bonchev–Trinajstić information content (AvgIpc) is 1.26. The molecule has 0 saturated carbocycles. The Morgan fingerprint density at radius 2 is 0.921 bits per heavy atom. The number of phenolic OH excluding ortho intramolecular Hbond substituents is 1. The number of rotatable bonds is 28. The number of nitrogens with zero attached hydrogens (tertiary/aromatic N) is 4. The number of para-hydroxylation sites is 2. The number of anilines is 2. The molecule has 526 valence electrons. The number of amides is 2. The zero-order chi connectivity index (χ0) is 70.9. The zero-order valence-electron chi connectivity index (χ0n) is 57.1. The lowest BCUT2D eigenvalue weighted by Crippen LogP contribution is -2.68. The minimum Gasteiger partial charge on any atom is -0.534 e. The van der Waals surface area contributed by atoms with Crippen LogP contribution in [0.3, 0.4) is 0 Å². The molecule has 2 aliphatic heterocycles. The molecule has 2 aromatic heterocycles. The third kappa shape index (κ3) is 18.7. The lowest BCUT2D eigenvalue weighted by atomic mass is 10.0. The SMILES string of the molecule is CC(C)(C)[Si](Oc1ccc(OC[C@@H](O)CNCCc2ccc(NC3CCN(C(=O)c4cc5cccc([N+](=O)[O-])c5[nH]4)CC3)cc2)cc1)(c1ccccc1)c1ccccc1.O=C(c1cc2cccc([N+](=O)[O-])c2[nH]1)N1CCC(Nc2ccc(CCNC[C@H](O)COc3ccc(O)cc3)cc2)CC1. The van der Waals surface area contributed by atoms with Gasteiger partial charge in [0.1, 0.15) is 70.8 Å². The Morgan fingerprint density at radius 1 is 0.535 bits per heavy atom. The minimum absolute atomic E-state index is 0.0375. The molecule has 0 aliphatic carbocycles. The molecule has 101 heavy (non-hydrogen) atoms. The first-order chi connectivity index (χ1) is 48.8. The number of benzene rings is 8. The largest absolute Gasteiger partial charge is 0.534 e. The lowest BCUT2D eigenvalue weighted by Gasteiger charge is -2.43. The van der Waals surface area contributed by atoms with E-state index in [1.54, 1.807) is 70.5 Å². The second-order valence-electron chi connectivity index (χ2n) is 26.7. The van der Waals surface area contributed by atoms with Crippen molar-refractivity contribution >= 4 is 75.1 Å². The highest BCUT2D eigenvalue weighted by atomic mass is 28.4. The Balaban J connectivity index is 0.000000215. The van der Waals surface area contributed by atoms with Gasteiger partial charge in [-0.15, -0.1) is 0 Å². The number of phenols is 1. The molecular formula is C78H88N10O12Si. The first-order valence-electron chi connectivity index (χ1n) is 34.4. The summed E-state index contributed by atoms with van der Waals surface area (Å²) in [5.74, 6) is 1.94. The summed E-state index contributed by atoms with van der Waals surface area (Å²) in [4.78, 5) is 57.6. The maximum absolute atomic E-state index is 13.2. The van der Waals surface area contributed by atoms with Gasteiger partial charge in [0.15, 0.2) is 0 Å². The number of aliphatic hydroxyl groups excluding tert-OH is 2. The molecule has 9 N–H and O–H groups in total. The van der Waals surface area contributed by atoms with Crippen molar-refractivity contribution in [2.45, 2.75) is 88.6 Å². The van der Waals surface area contributed by atoms with E-state index < -0.39 is 30.4 Å². The van der Waals surface area contributed by atoms with Gasteiger partial charge in [0.25, 0.3) is 23.2 Å². The summed E-state index contributed by atoms with van der Waals surface area (Å²) in [5, 5.41) is 70.1. The van der Waals surface area contributed by atoms with Gasteiger partial charge in [-0.25, -0.2) is 0 Å². The zero-order valence-corrected chi connectivity index (χ0v) is 58.1. The maximum atomic E-state index is 13.2. The topological polar surface area (TPSA) is 295 Å². The Bertz CT molecular complexity index is 4310. The van der Waals surface area contributed by atoms with Crippen LogP contribution < -0.4 is 45.5 Å². The van der Waals surface area contributed by atoms with Gasteiger partial charge < -0.3 is 70.3 Å². The Kier molecular flexibility index (Phi) is 23.8. The summed E-state index contributed by atoms with van der Waals surface area (Å²) in [7, 11) is -2.74. The molecular weight excluding hydrogens is 1300 g/mol. The first-order valence-corrected chi connectivity index (χ1v) is 36.3. The molecule has 0 bridgehead atoms. The highest BCUT2D eigenvalue weighted by Gasteiger charge is 2.52. The molecule has 0 spiro atoms. The standard InChI is InChI=1S/C47H53N5O6Si.C31H35N5O6/c1-47(2,3)59(41-12-6-4-7-13-41,42-14-8-5-9-15-42)58-40-23-21-39(22-24-40)57-33-38(53)32-48-28-25-34-17-19-36(20-18-34)49-37-26-29-51(30-27-37)46(54)43-31-35-11-10-16-44(52(55)56)45(35)50-43;37-25-8-10-27(11-9-25)42-20-26(38)19-32-15-12-21-4-6-23(7-5-21)33-24-13-16-35(17-14-24)31(39)28-18-22-2-1-3-29(36(40)41)30(22)34-28/h4-24,31,37-38,48-50,53H,25-30,32-33H2,1-3H3;1-11,18,24,26,32-34,37-38H,12-17,19-20H2/t38-;26-/m00/s1. The van der Waals surface area contributed by atoms with Crippen molar-refractivity contribution in [3.8, 4) is 23.0 Å². The average molecular weight is 1390 g/mol. The number of likely N-dealkylation sites (tertiary alicyclic amines) is 2. The van der Waals surface area contributed by atoms with E-state index in [0.717, 1.165) is 62.2 Å². The smallest absolute Gasteiger partial charge is 0.319 e. The van der Waals surface area contributed by atoms with Crippen molar-refractivity contribution in [1.29, 1.82) is 0 Å². The van der Waals surface area contributed by atoms with E-state index in [-0.39, 0.29) is 59.3 Å². The summed E-state index contributed by atoms with van der Waals surface area (Å²) >= 11 is 0. The van der Waals surface area contributed by atoms with Gasteiger partial charge in [-0.1, -0.05) is 130 Å². The number of nitro groups is 2. The van der Waals surface area contributed by atoms with E-state index in [4.69, 9.17) is 13.9 Å². The van der Waals surface area contributed by atoms with Gasteiger partial charge in [-0.05, 0) is 163 Å². The third-order valence-corrected chi connectivity index (χ3v) is 23.5. The summed E-state index contributed by atoms with van der Waals surface area (Å²) in [6, 6.07) is 65.4. The molecule has 2 amide bonds. The number of nitro benzene ring substituents is 2. The van der Waals surface area contributed by atoms with Crippen LogP contribution in [0, 0.1) is 20.2 Å². The van der Waals surface area contributed by atoms with Crippen LogP contribution in [0.25, 0.3) is 21.8 Å². The number of fused-ring (bicyclic) bond motifs is 2. The Morgan fingerprint density at radius 3 is 1.31 bits per heavy atom. The quantitative estimate of drug-likeness (QED) is 0.00953. The van der Waals surface area contributed by atoms with Crippen LogP contribution in [0.4, 0.5) is 22.7 Å². The molecule has 12 rings (SSSR count). The van der Waals surface area contributed by atoms with Crippen molar-refractivity contribution in [2.24, 2.45) is 0 Å². The highest BCUT2D eigenvalue weighted by molar-refractivity contribution is 7.00. The third-order valence-electron chi connectivity index (χ3n) is 18.5. The van der Waals surface area contributed by atoms with Gasteiger partial charge >= 0.3 is 8.32 Å². The number of aromatic nitrogens is 2. The van der Waals surface area contributed by atoms with Gasteiger partial charge in [-0.2, -0.15) is 0 Å². The van der Waals surface area contributed by atoms with E-state index in [9.17, 15) is 45.1 Å². The molecule has 22 nitrogen and oxygen atoms in total. The van der Waals surface area contributed by atoms with Gasteiger partial charge in [0.05, 0.1) is 9.85 Å². The Labute approximate surface area is 588 Å². The minimum atomic E-state index is -2.74. The van der Waals surface area contributed by atoms with E-state index in [1.807, 2.05) is 36.4 Å². The van der Waals surface area contributed by atoms with Crippen molar-refractivity contribution in [2.75, 3.05) is 76.2 Å². The number of piperidine rings is 2. The molecule has 2 fully saturated rings.